The second-order valence-corrected chi connectivity index (χ2v) is 2.38. The van der Waals surface area contributed by atoms with Gasteiger partial charge in [0.05, 0.1) is 12.1 Å². The zero-order valence-electron chi connectivity index (χ0n) is 6.77. The summed E-state index contributed by atoms with van der Waals surface area (Å²) in [4.78, 5) is 10.1. The van der Waals surface area contributed by atoms with Crippen molar-refractivity contribution in [1.82, 2.24) is 9.78 Å². The predicted octanol–water partition coefficient (Wildman–Crippen LogP) is 0.908. The number of carboxylic acid groups (broad SMARTS) is 1. The van der Waals surface area contributed by atoms with Crippen molar-refractivity contribution < 1.29 is 9.90 Å². The lowest BCUT2D eigenvalue weighted by Crippen LogP contribution is -1.93. The third-order valence-electron chi connectivity index (χ3n) is 1.44. The largest absolute Gasteiger partial charge is 0.481 e. The van der Waals surface area contributed by atoms with Crippen LogP contribution in [0.25, 0.3) is 6.08 Å². The minimum absolute atomic E-state index is 0.0468. The van der Waals surface area contributed by atoms with Gasteiger partial charge in [0.2, 0.25) is 0 Å². The van der Waals surface area contributed by atoms with E-state index in [1.807, 2.05) is 6.07 Å². The van der Waals surface area contributed by atoms with Gasteiger partial charge in [-0.3, -0.25) is 9.48 Å². The summed E-state index contributed by atoms with van der Waals surface area (Å²) in [5.41, 5.74) is 0.899. The number of hydrogen-bond acceptors (Lipinski definition) is 2. The molecule has 1 N–H and O–H groups in total. The fraction of sp³-hybridized carbons (Fsp3) is 0.250. The predicted molar refractivity (Wildman–Crippen MR) is 44.5 cm³/mol. The molecule has 0 unspecified atom stereocenters. The number of aliphatic carboxylic acids is 1. The van der Waals surface area contributed by atoms with Gasteiger partial charge in [-0.2, -0.15) is 5.10 Å². The lowest BCUT2D eigenvalue weighted by atomic mass is 10.3. The van der Waals surface area contributed by atoms with Crippen LogP contribution in [0.3, 0.4) is 0 Å². The van der Waals surface area contributed by atoms with Crippen molar-refractivity contribution in [3.8, 4) is 0 Å². The molecule has 0 radical (unpaired) electrons. The van der Waals surface area contributed by atoms with Crippen LogP contribution in [0.15, 0.2) is 18.3 Å². The molecule has 1 aromatic rings. The van der Waals surface area contributed by atoms with E-state index in [1.54, 1.807) is 30.1 Å². The van der Waals surface area contributed by atoms with Gasteiger partial charge < -0.3 is 5.11 Å². The van der Waals surface area contributed by atoms with Crippen LogP contribution >= 0.6 is 0 Å². The summed E-state index contributed by atoms with van der Waals surface area (Å²) in [6.45, 7) is 0. The van der Waals surface area contributed by atoms with Crippen molar-refractivity contribution in [2.45, 2.75) is 6.42 Å². The number of nitrogens with zero attached hydrogens (tertiary/aromatic N) is 2. The first-order valence-corrected chi connectivity index (χ1v) is 3.56. The van der Waals surface area contributed by atoms with E-state index in [-0.39, 0.29) is 6.42 Å². The second-order valence-electron chi connectivity index (χ2n) is 2.38. The van der Waals surface area contributed by atoms with Gasteiger partial charge >= 0.3 is 5.97 Å². The van der Waals surface area contributed by atoms with Crippen molar-refractivity contribution in [3.63, 3.8) is 0 Å². The molecule has 0 aliphatic heterocycles. The van der Waals surface area contributed by atoms with E-state index < -0.39 is 5.97 Å². The van der Waals surface area contributed by atoms with E-state index in [1.165, 1.54) is 0 Å². The first-order valence-electron chi connectivity index (χ1n) is 3.56. The molecular weight excluding hydrogens is 156 g/mol. The summed E-state index contributed by atoms with van der Waals surface area (Å²) in [7, 11) is 1.81. The van der Waals surface area contributed by atoms with Gasteiger partial charge in [-0.15, -0.1) is 0 Å². The van der Waals surface area contributed by atoms with E-state index in [2.05, 4.69) is 5.10 Å². The zero-order chi connectivity index (χ0) is 8.97. The molecule has 0 aromatic carbocycles. The lowest BCUT2D eigenvalue weighted by molar-refractivity contribution is -0.135. The van der Waals surface area contributed by atoms with Crippen LogP contribution in [0.5, 0.6) is 0 Å². The maximum absolute atomic E-state index is 10.1. The lowest BCUT2D eigenvalue weighted by Gasteiger charge is -1.91. The van der Waals surface area contributed by atoms with Crippen LogP contribution in [0.2, 0.25) is 0 Å². The third-order valence-corrected chi connectivity index (χ3v) is 1.44. The molecular formula is C8H10N2O2. The summed E-state index contributed by atoms with van der Waals surface area (Å²) >= 11 is 0. The number of carbonyl (C=O) groups is 1. The van der Waals surface area contributed by atoms with Crippen LogP contribution in [0, 0.1) is 0 Å². The highest BCUT2D eigenvalue weighted by atomic mass is 16.4. The molecule has 0 aliphatic carbocycles. The van der Waals surface area contributed by atoms with Crippen molar-refractivity contribution in [2.24, 2.45) is 7.05 Å². The molecule has 4 nitrogen and oxygen atoms in total. The minimum atomic E-state index is -0.826. The molecule has 0 saturated carbocycles. The summed E-state index contributed by atoms with van der Waals surface area (Å²) in [6.07, 6.45) is 5.05. The zero-order valence-corrected chi connectivity index (χ0v) is 6.77. The Labute approximate surface area is 70.1 Å². The Balaban J connectivity index is 2.57. The van der Waals surface area contributed by atoms with Crippen LogP contribution in [-0.2, 0) is 11.8 Å². The first-order chi connectivity index (χ1) is 5.70. The Morgan fingerprint density at radius 1 is 1.83 bits per heavy atom. The molecule has 4 heteroatoms. The molecule has 0 fully saturated rings. The van der Waals surface area contributed by atoms with E-state index in [0.29, 0.717) is 0 Å². The molecule has 12 heavy (non-hydrogen) atoms. The molecule has 64 valence electrons. The highest BCUT2D eigenvalue weighted by Crippen LogP contribution is 1.99. The van der Waals surface area contributed by atoms with E-state index >= 15 is 0 Å². The summed E-state index contributed by atoms with van der Waals surface area (Å²) in [5, 5.41) is 12.3. The van der Waals surface area contributed by atoms with Gasteiger partial charge in [-0.1, -0.05) is 6.08 Å². The van der Waals surface area contributed by atoms with Gasteiger partial charge in [-0.25, -0.2) is 0 Å². The molecule has 0 saturated heterocycles. The normalized spacial score (nSPS) is 10.8. The smallest absolute Gasteiger partial charge is 0.307 e. The van der Waals surface area contributed by atoms with Gasteiger partial charge in [0.15, 0.2) is 0 Å². The highest BCUT2D eigenvalue weighted by Gasteiger charge is 1.93. The summed E-state index contributed by atoms with van der Waals surface area (Å²) in [5.74, 6) is -0.826. The maximum Gasteiger partial charge on any atom is 0.307 e. The average molecular weight is 166 g/mol. The first kappa shape index (κ1) is 8.52. The molecule has 0 amide bonds. The minimum Gasteiger partial charge on any atom is -0.481 e. The molecule has 1 rings (SSSR count). The Bertz CT molecular complexity index is 302. The molecule has 0 atom stereocenters. The van der Waals surface area contributed by atoms with Crippen molar-refractivity contribution >= 4 is 12.0 Å². The Morgan fingerprint density at radius 3 is 3.08 bits per heavy atom. The summed E-state index contributed by atoms with van der Waals surface area (Å²) < 4.78 is 1.68. The molecule has 0 spiro atoms. The van der Waals surface area contributed by atoms with Crippen molar-refractivity contribution in [1.29, 1.82) is 0 Å². The Hall–Kier alpha value is -1.58. The average Bonchev–Trinajstić information content (AvgIpc) is 2.36. The topological polar surface area (TPSA) is 55.1 Å². The monoisotopic (exact) mass is 166 g/mol. The number of aryl methyl sites for hydroxylation is 1. The SMILES string of the molecule is Cn1nccc1C=CCC(=O)O. The van der Waals surface area contributed by atoms with Crippen molar-refractivity contribution in [3.05, 3.63) is 24.0 Å². The molecule has 0 aliphatic rings. The maximum atomic E-state index is 10.1. The van der Waals surface area contributed by atoms with Crippen LogP contribution < -0.4 is 0 Å². The van der Waals surface area contributed by atoms with Gasteiger partial charge in [0, 0.05) is 13.2 Å². The van der Waals surface area contributed by atoms with E-state index in [4.69, 9.17) is 5.11 Å². The molecule has 1 heterocycles. The molecule has 1 aromatic heterocycles. The van der Waals surface area contributed by atoms with Gasteiger partial charge in [-0.05, 0) is 12.1 Å². The third kappa shape index (κ3) is 2.23. The highest BCUT2D eigenvalue weighted by molar-refractivity contribution is 5.70. The summed E-state index contributed by atoms with van der Waals surface area (Å²) in [6, 6.07) is 1.82. The Morgan fingerprint density at radius 2 is 2.58 bits per heavy atom. The second kappa shape index (κ2) is 3.71. The van der Waals surface area contributed by atoms with Crippen LogP contribution in [-0.4, -0.2) is 20.9 Å². The van der Waals surface area contributed by atoms with Gasteiger partial charge in [0.25, 0.3) is 0 Å². The van der Waals surface area contributed by atoms with Crippen molar-refractivity contribution in [2.75, 3.05) is 0 Å². The molecule has 0 bridgehead atoms. The van der Waals surface area contributed by atoms with Gasteiger partial charge in [0.1, 0.15) is 0 Å². The fourth-order valence-electron chi connectivity index (χ4n) is 0.828. The standard InChI is InChI=1S/C8H10N2O2/c1-10-7(5-6-9-10)3-2-4-8(11)12/h2-3,5-6H,4H2,1H3,(H,11,12). The number of aromatic nitrogens is 2. The quantitative estimate of drug-likeness (QED) is 0.726. The van der Waals surface area contributed by atoms with E-state index in [9.17, 15) is 4.79 Å². The van der Waals surface area contributed by atoms with E-state index in [0.717, 1.165) is 5.69 Å². The number of hydrogen-bond donors (Lipinski definition) is 1. The fourth-order valence-corrected chi connectivity index (χ4v) is 0.828. The Kier molecular flexibility index (Phi) is 2.63. The number of rotatable bonds is 3. The van der Waals surface area contributed by atoms with Crippen LogP contribution in [0.1, 0.15) is 12.1 Å². The van der Waals surface area contributed by atoms with Crippen LogP contribution in [0.4, 0.5) is 0 Å². The number of carboxylic acids is 1.